The normalized spacial score (nSPS) is 14.0. The first-order chi connectivity index (χ1) is 19.9. The molecule has 1 aliphatic rings. The molecule has 9 nitrogen and oxygen atoms in total. The van der Waals surface area contributed by atoms with Crippen LogP contribution in [-0.4, -0.2) is 60.8 Å². The monoisotopic (exact) mass is 617 g/mol. The SMILES string of the molecule is CCCC1CCCCC1.CNS(C)=O.COCCNC(=O)c1cc(OC)c(Nc2ncc(C(F)(F)F)c(C)n2)cc1C. The number of rotatable bonds is 10. The van der Waals surface area contributed by atoms with Crippen molar-refractivity contribution in [1.82, 2.24) is 20.0 Å². The number of nitrogens with one attached hydrogen (secondary N) is 3. The molecule has 0 aliphatic heterocycles. The second-order valence-electron chi connectivity index (χ2n) is 9.88. The van der Waals surface area contributed by atoms with Crippen LogP contribution in [0.2, 0.25) is 0 Å². The molecule has 1 atom stereocenters. The zero-order chi connectivity index (χ0) is 31.7. The minimum atomic E-state index is -4.52. The number of hydrogen-bond donors (Lipinski definition) is 3. The predicted molar refractivity (Wildman–Crippen MR) is 162 cm³/mol. The Bertz CT molecular complexity index is 1130. The Morgan fingerprint density at radius 3 is 2.29 bits per heavy atom. The zero-order valence-corrected chi connectivity index (χ0v) is 26.6. The van der Waals surface area contributed by atoms with E-state index in [0.29, 0.717) is 35.7 Å². The molecule has 1 unspecified atom stereocenters. The predicted octanol–water partition coefficient (Wildman–Crippen LogP) is 6.11. The smallest absolute Gasteiger partial charge is 0.419 e. The van der Waals surface area contributed by atoms with Crippen LogP contribution in [0.1, 0.15) is 79.0 Å². The molecule has 1 fully saturated rings. The van der Waals surface area contributed by atoms with Gasteiger partial charge in [0.1, 0.15) is 5.75 Å². The van der Waals surface area contributed by atoms with E-state index in [4.69, 9.17) is 9.47 Å². The fraction of sp³-hybridized carbons (Fsp3) is 0.621. The first kappa shape index (κ1) is 37.3. The Labute approximate surface area is 250 Å². The van der Waals surface area contributed by atoms with Crippen LogP contribution in [0.4, 0.5) is 24.8 Å². The van der Waals surface area contributed by atoms with Crippen molar-refractivity contribution < 1.29 is 31.6 Å². The minimum absolute atomic E-state index is 0.0134. The number of carbonyl (C=O) groups excluding carboxylic acids is 1. The van der Waals surface area contributed by atoms with Crippen LogP contribution in [0, 0.1) is 19.8 Å². The van der Waals surface area contributed by atoms with E-state index >= 15 is 0 Å². The van der Waals surface area contributed by atoms with Crippen molar-refractivity contribution in [3.8, 4) is 5.75 Å². The Morgan fingerprint density at radius 1 is 1.14 bits per heavy atom. The molecule has 0 spiro atoms. The first-order valence-electron chi connectivity index (χ1n) is 14.0. The molecule has 1 amide bonds. The summed E-state index contributed by atoms with van der Waals surface area (Å²) in [7, 11) is 3.78. The van der Waals surface area contributed by atoms with Crippen LogP contribution in [0.3, 0.4) is 0 Å². The average Bonchev–Trinajstić information content (AvgIpc) is 2.94. The molecule has 1 aliphatic carbocycles. The summed E-state index contributed by atoms with van der Waals surface area (Å²) in [6, 6.07) is 3.18. The quantitative estimate of drug-likeness (QED) is 0.276. The molecule has 0 radical (unpaired) electrons. The third kappa shape index (κ3) is 13.5. The Balaban J connectivity index is 0.000000515. The fourth-order valence-electron chi connectivity index (χ4n) is 4.37. The fourth-order valence-corrected chi connectivity index (χ4v) is 4.37. The van der Waals surface area contributed by atoms with Crippen molar-refractivity contribution in [3.05, 3.63) is 40.7 Å². The summed E-state index contributed by atoms with van der Waals surface area (Å²) in [5.41, 5.74) is 0.372. The highest BCUT2D eigenvalue weighted by Crippen LogP contribution is 2.33. The van der Waals surface area contributed by atoms with E-state index in [1.165, 1.54) is 72.2 Å². The number of nitrogens with zero attached hydrogens (tertiary/aromatic N) is 2. The first-order valence-corrected chi connectivity index (χ1v) is 15.6. The van der Waals surface area contributed by atoms with Crippen molar-refractivity contribution in [3.63, 3.8) is 0 Å². The van der Waals surface area contributed by atoms with Crippen molar-refractivity contribution >= 4 is 28.5 Å². The molecule has 3 rings (SSSR count). The highest BCUT2D eigenvalue weighted by atomic mass is 32.2. The van der Waals surface area contributed by atoms with E-state index in [2.05, 4.69) is 32.2 Å². The van der Waals surface area contributed by atoms with E-state index in [1.807, 2.05) is 0 Å². The van der Waals surface area contributed by atoms with Crippen molar-refractivity contribution in [2.75, 3.05) is 46.0 Å². The molecule has 1 aromatic carbocycles. The molecule has 3 N–H and O–H groups in total. The second-order valence-corrected chi connectivity index (χ2v) is 11.2. The van der Waals surface area contributed by atoms with Gasteiger partial charge in [0.2, 0.25) is 5.95 Å². The van der Waals surface area contributed by atoms with E-state index in [1.54, 1.807) is 26.3 Å². The Hall–Kier alpha value is -2.77. The topological polar surface area (TPSA) is 114 Å². The standard InChI is InChI=1S/C18H21F3N4O3.C9H18.C2H7NOS/c1-10-7-14(15(28-4)8-12(10)16(26)22-5-6-27-3)25-17-23-9-13(11(2)24-17)18(19,20)21;1-2-6-9-7-4-3-5-8-9;1-3-5(2)4/h7-9H,5-6H2,1-4H3,(H,22,26)(H,23,24,25);9H,2-8H2,1H3;3H,1-2H3. The molecule has 0 saturated heterocycles. The lowest BCUT2D eigenvalue weighted by Gasteiger charge is -2.20. The van der Waals surface area contributed by atoms with E-state index in [9.17, 15) is 22.2 Å². The molecule has 13 heteroatoms. The number of methoxy groups -OCH3 is 2. The van der Waals surface area contributed by atoms with Gasteiger partial charge < -0.3 is 20.1 Å². The van der Waals surface area contributed by atoms with Gasteiger partial charge >= 0.3 is 6.18 Å². The third-order valence-electron chi connectivity index (χ3n) is 6.62. The summed E-state index contributed by atoms with van der Waals surface area (Å²) in [6.07, 6.45) is 8.22. The van der Waals surface area contributed by atoms with Crippen molar-refractivity contribution in [1.29, 1.82) is 0 Å². The van der Waals surface area contributed by atoms with E-state index in [-0.39, 0.29) is 17.5 Å². The number of ether oxygens (including phenoxy) is 2. The second kappa shape index (κ2) is 19.4. The van der Waals surface area contributed by atoms with Crippen LogP contribution in [0.25, 0.3) is 0 Å². The summed E-state index contributed by atoms with van der Waals surface area (Å²) < 4.78 is 61.0. The molecule has 1 aromatic heterocycles. The van der Waals surface area contributed by atoms with Gasteiger partial charge in [0.25, 0.3) is 5.91 Å². The van der Waals surface area contributed by atoms with E-state index < -0.39 is 22.7 Å². The van der Waals surface area contributed by atoms with Gasteiger partial charge in [-0.2, -0.15) is 13.2 Å². The maximum Gasteiger partial charge on any atom is 0.419 e. The largest absolute Gasteiger partial charge is 0.495 e. The summed E-state index contributed by atoms with van der Waals surface area (Å²) in [4.78, 5) is 19.9. The molecule has 42 heavy (non-hydrogen) atoms. The van der Waals surface area contributed by atoms with Gasteiger partial charge in [0.05, 0.1) is 41.6 Å². The molecule has 0 bridgehead atoms. The summed E-state index contributed by atoms with van der Waals surface area (Å²) >= 11 is 0. The number of alkyl halides is 3. The summed E-state index contributed by atoms with van der Waals surface area (Å²) in [5.74, 6) is 1.12. The maximum atomic E-state index is 12.8. The molecular formula is C29H46F3N5O4S. The lowest BCUT2D eigenvalue weighted by Crippen LogP contribution is -2.27. The Morgan fingerprint density at radius 2 is 1.79 bits per heavy atom. The maximum absolute atomic E-state index is 12.8. The number of carbonyl (C=O) groups is 1. The van der Waals surface area contributed by atoms with Gasteiger partial charge in [-0.05, 0) is 44.5 Å². The third-order valence-corrected chi connectivity index (χ3v) is 7.20. The average molecular weight is 618 g/mol. The van der Waals surface area contributed by atoms with Crippen LogP contribution >= 0.6 is 0 Å². The number of aryl methyl sites for hydroxylation is 2. The zero-order valence-electron chi connectivity index (χ0n) is 25.7. The van der Waals surface area contributed by atoms with Crippen molar-refractivity contribution in [2.45, 2.75) is 71.9 Å². The van der Waals surface area contributed by atoms with Crippen LogP contribution in [-0.2, 0) is 21.9 Å². The summed E-state index contributed by atoms with van der Waals surface area (Å²) in [6.45, 7) is 6.02. The van der Waals surface area contributed by atoms with Crippen LogP contribution in [0.15, 0.2) is 18.3 Å². The van der Waals surface area contributed by atoms with E-state index in [0.717, 1.165) is 12.1 Å². The highest BCUT2D eigenvalue weighted by molar-refractivity contribution is 7.82. The highest BCUT2D eigenvalue weighted by Gasteiger charge is 2.33. The number of halogens is 3. The number of anilines is 2. The van der Waals surface area contributed by atoms with Gasteiger partial charge in [-0.1, -0.05) is 51.9 Å². The number of hydrogen-bond acceptors (Lipinski definition) is 7. The van der Waals surface area contributed by atoms with Gasteiger partial charge in [-0.25, -0.2) is 18.9 Å². The number of benzene rings is 1. The molecule has 2 aromatic rings. The van der Waals surface area contributed by atoms with Crippen molar-refractivity contribution in [2.24, 2.45) is 5.92 Å². The van der Waals surface area contributed by atoms with Gasteiger partial charge in [0.15, 0.2) is 0 Å². The van der Waals surface area contributed by atoms with Gasteiger partial charge in [0, 0.05) is 31.7 Å². The summed E-state index contributed by atoms with van der Waals surface area (Å²) in [5, 5.41) is 5.55. The number of amides is 1. The molecule has 1 saturated carbocycles. The van der Waals surface area contributed by atoms with Crippen LogP contribution < -0.4 is 20.1 Å². The minimum Gasteiger partial charge on any atom is -0.495 e. The lowest BCUT2D eigenvalue weighted by molar-refractivity contribution is -0.138. The van der Waals surface area contributed by atoms with Gasteiger partial charge in [-0.15, -0.1) is 0 Å². The lowest BCUT2D eigenvalue weighted by atomic mass is 9.86. The van der Waals surface area contributed by atoms with Crippen LogP contribution in [0.5, 0.6) is 5.75 Å². The Kier molecular flexibility index (Phi) is 17.2. The van der Waals surface area contributed by atoms with Gasteiger partial charge in [-0.3, -0.25) is 4.79 Å². The molecule has 238 valence electrons. The molecular weight excluding hydrogens is 571 g/mol. The number of aromatic nitrogens is 2. The molecule has 1 heterocycles.